The average molecular weight is 375 g/mol. The van der Waals surface area contributed by atoms with E-state index in [1.807, 2.05) is 59.5 Å². The molecule has 1 amide bonds. The Hall–Kier alpha value is -2.92. The normalized spacial score (nSPS) is 19.2. The number of nitrogens with two attached hydrogens (primary N) is 1. The number of rotatable bonds is 4. The number of methoxy groups -OCH3 is 1. The van der Waals surface area contributed by atoms with Crippen molar-refractivity contribution in [2.24, 2.45) is 11.7 Å². The Morgan fingerprint density at radius 1 is 1.21 bits per heavy atom. The first-order chi connectivity index (χ1) is 13.6. The highest BCUT2D eigenvalue weighted by molar-refractivity contribution is 6.07. The summed E-state index contributed by atoms with van der Waals surface area (Å²) in [6.45, 7) is 3.43. The van der Waals surface area contributed by atoms with Gasteiger partial charge in [-0.2, -0.15) is 0 Å². The van der Waals surface area contributed by atoms with E-state index in [0.717, 1.165) is 34.3 Å². The van der Waals surface area contributed by atoms with Crippen LogP contribution in [0.3, 0.4) is 0 Å². The van der Waals surface area contributed by atoms with Crippen LogP contribution in [0.5, 0.6) is 5.75 Å². The zero-order valence-electron chi connectivity index (χ0n) is 16.3. The van der Waals surface area contributed by atoms with E-state index in [0.29, 0.717) is 24.6 Å². The van der Waals surface area contributed by atoms with E-state index in [2.05, 4.69) is 6.92 Å². The van der Waals surface area contributed by atoms with Crippen LogP contribution in [-0.2, 0) is 0 Å². The molecule has 1 fully saturated rings. The SMILES string of the molecule is COc1ccc(-c2cc(C(=O)N3CC(CN)CC3C)c3ccccc3n2)cc1. The summed E-state index contributed by atoms with van der Waals surface area (Å²) in [6, 6.07) is 17.7. The molecule has 1 aliphatic heterocycles. The van der Waals surface area contributed by atoms with Gasteiger partial charge in [-0.15, -0.1) is 0 Å². The van der Waals surface area contributed by atoms with Crippen LogP contribution in [0, 0.1) is 5.92 Å². The summed E-state index contributed by atoms with van der Waals surface area (Å²) in [5, 5.41) is 0.883. The summed E-state index contributed by atoms with van der Waals surface area (Å²) < 4.78 is 5.25. The third kappa shape index (κ3) is 3.34. The van der Waals surface area contributed by atoms with E-state index in [9.17, 15) is 4.79 Å². The number of hydrogen-bond donors (Lipinski definition) is 1. The molecule has 4 rings (SSSR count). The number of amides is 1. The standard InChI is InChI=1S/C23H25N3O2/c1-15-11-16(13-24)14-26(15)23(27)20-12-22(17-7-9-18(28-2)10-8-17)25-21-6-4-3-5-19(20)21/h3-10,12,15-16H,11,13-14,24H2,1-2H3. The van der Waals surface area contributed by atoms with E-state index in [1.165, 1.54) is 0 Å². The van der Waals surface area contributed by atoms with Gasteiger partial charge in [-0.3, -0.25) is 4.79 Å². The number of para-hydroxylation sites is 1. The number of fused-ring (bicyclic) bond motifs is 1. The van der Waals surface area contributed by atoms with E-state index >= 15 is 0 Å². The predicted molar refractivity (Wildman–Crippen MR) is 111 cm³/mol. The number of aromatic nitrogens is 1. The van der Waals surface area contributed by atoms with Crippen molar-refractivity contribution in [2.75, 3.05) is 20.2 Å². The molecular formula is C23H25N3O2. The molecule has 2 aromatic carbocycles. The van der Waals surface area contributed by atoms with Crippen LogP contribution in [0.4, 0.5) is 0 Å². The minimum Gasteiger partial charge on any atom is -0.497 e. The molecule has 0 spiro atoms. The van der Waals surface area contributed by atoms with Crippen molar-refractivity contribution < 1.29 is 9.53 Å². The van der Waals surface area contributed by atoms with Gasteiger partial charge in [0.05, 0.1) is 23.9 Å². The second kappa shape index (κ2) is 7.60. The lowest BCUT2D eigenvalue weighted by Crippen LogP contribution is -2.34. The largest absolute Gasteiger partial charge is 0.497 e. The van der Waals surface area contributed by atoms with Gasteiger partial charge in [-0.05, 0) is 62.2 Å². The van der Waals surface area contributed by atoms with Gasteiger partial charge < -0.3 is 15.4 Å². The zero-order chi connectivity index (χ0) is 19.7. The highest BCUT2D eigenvalue weighted by atomic mass is 16.5. The van der Waals surface area contributed by atoms with Crippen LogP contribution in [0.15, 0.2) is 54.6 Å². The Balaban J connectivity index is 1.79. The molecule has 0 bridgehead atoms. The number of hydrogen-bond acceptors (Lipinski definition) is 4. The van der Waals surface area contributed by atoms with E-state index in [4.69, 9.17) is 15.5 Å². The Kier molecular flexibility index (Phi) is 5.01. The number of nitrogens with zero attached hydrogens (tertiary/aromatic N) is 2. The summed E-state index contributed by atoms with van der Waals surface area (Å²) in [7, 11) is 1.64. The first-order valence-corrected chi connectivity index (χ1v) is 9.66. The number of likely N-dealkylation sites (tertiary alicyclic amines) is 1. The summed E-state index contributed by atoms with van der Waals surface area (Å²) in [5.41, 5.74) is 9.11. The lowest BCUT2D eigenvalue weighted by Gasteiger charge is -2.22. The topological polar surface area (TPSA) is 68.5 Å². The quantitative estimate of drug-likeness (QED) is 0.755. The van der Waals surface area contributed by atoms with Crippen LogP contribution in [0.2, 0.25) is 0 Å². The van der Waals surface area contributed by atoms with Crippen LogP contribution in [0.25, 0.3) is 22.2 Å². The lowest BCUT2D eigenvalue weighted by atomic mass is 10.0. The fraction of sp³-hybridized carbons (Fsp3) is 0.304. The molecule has 1 aliphatic rings. The van der Waals surface area contributed by atoms with Gasteiger partial charge in [0.2, 0.25) is 0 Å². The molecule has 2 heterocycles. The molecule has 0 aliphatic carbocycles. The van der Waals surface area contributed by atoms with Crippen molar-refractivity contribution in [3.8, 4) is 17.0 Å². The predicted octanol–water partition coefficient (Wildman–Crippen LogP) is 3.72. The summed E-state index contributed by atoms with van der Waals surface area (Å²) in [6.07, 6.45) is 0.955. The van der Waals surface area contributed by atoms with Crippen LogP contribution < -0.4 is 10.5 Å². The van der Waals surface area contributed by atoms with Crippen molar-refractivity contribution in [3.05, 3.63) is 60.2 Å². The number of pyridine rings is 1. The molecule has 2 atom stereocenters. The van der Waals surface area contributed by atoms with Gasteiger partial charge in [0, 0.05) is 23.5 Å². The van der Waals surface area contributed by atoms with Crippen LogP contribution >= 0.6 is 0 Å². The first-order valence-electron chi connectivity index (χ1n) is 9.66. The van der Waals surface area contributed by atoms with Gasteiger partial charge in [0.15, 0.2) is 0 Å². The van der Waals surface area contributed by atoms with Crippen LogP contribution in [-0.4, -0.2) is 42.0 Å². The lowest BCUT2D eigenvalue weighted by molar-refractivity contribution is 0.0745. The maximum atomic E-state index is 13.5. The molecular weight excluding hydrogens is 350 g/mol. The Labute approximate surface area is 165 Å². The van der Waals surface area contributed by atoms with Gasteiger partial charge in [-0.1, -0.05) is 18.2 Å². The minimum absolute atomic E-state index is 0.0526. The maximum absolute atomic E-state index is 13.5. The van der Waals surface area contributed by atoms with Gasteiger partial charge >= 0.3 is 0 Å². The van der Waals surface area contributed by atoms with Crippen LogP contribution in [0.1, 0.15) is 23.7 Å². The van der Waals surface area contributed by atoms with E-state index in [-0.39, 0.29) is 11.9 Å². The third-order valence-corrected chi connectivity index (χ3v) is 5.59. The Morgan fingerprint density at radius 2 is 1.96 bits per heavy atom. The molecule has 2 unspecified atom stereocenters. The maximum Gasteiger partial charge on any atom is 0.254 e. The summed E-state index contributed by atoms with van der Waals surface area (Å²) in [4.78, 5) is 20.2. The highest BCUT2D eigenvalue weighted by Crippen LogP contribution is 2.30. The fourth-order valence-corrected chi connectivity index (χ4v) is 4.01. The van der Waals surface area contributed by atoms with Gasteiger partial charge in [0.25, 0.3) is 5.91 Å². The second-order valence-corrected chi connectivity index (χ2v) is 7.44. The number of benzene rings is 2. The first kappa shape index (κ1) is 18.4. The molecule has 28 heavy (non-hydrogen) atoms. The summed E-state index contributed by atoms with van der Waals surface area (Å²) >= 11 is 0. The monoisotopic (exact) mass is 375 g/mol. The molecule has 5 heteroatoms. The number of ether oxygens (including phenoxy) is 1. The molecule has 1 aromatic heterocycles. The number of carbonyl (C=O) groups is 1. The molecule has 5 nitrogen and oxygen atoms in total. The molecule has 1 saturated heterocycles. The van der Waals surface area contributed by atoms with Gasteiger partial charge in [-0.25, -0.2) is 4.98 Å². The van der Waals surface area contributed by atoms with Crippen molar-refractivity contribution in [3.63, 3.8) is 0 Å². The molecule has 2 N–H and O–H groups in total. The number of carbonyl (C=O) groups excluding carboxylic acids is 1. The highest BCUT2D eigenvalue weighted by Gasteiger charge is 2.33. The third-order valence-electron chi connectivity index (χ3n) is 5.59. The minimum atomic E-state index is 0.0526. The average Bonchev–Trinajstić information content (AvgIpc) is 3.13. The molecule has 144 valence electrons. The van der Waals surface area contributed by atoms with Crippen molar-refractivity contribution in [2.45, 2.75) is 19.4 Å². The smallest absolute Gasteiger partial charge is 0.254 e. The molecule has 0 saturated carbocycles. The summed E-state index contributed by atoms with van der Waals surface area (Å²) in [5.74, 6) is 1.21. The van der Waals surface area contributed by atoms with Gasteiger partial charge in [0.1, 0.15) is 5.75 Å². The second-order valence-electron chi connectivity index (χ2n) is 7.44. The molecule has 3 aromatic rings. The van der Waals surface area contributed by atoms with Crippen molar-refractivity contribution in [1.82, 2.24) is 9.88 Å². The molecule has 0 radical (unpaired) electrons. The fourth-order valence-electron chi connectivity index (χ4n) is 4.01. The van der Waals surface area contributed by atoms with Crippen molar-refractivity contribution >= 4 is 16.8 Å². The van der Waals surface area contributed by atoms with E-state index < -0.39 is 0 Å². The van der Waals surface area contributed by atoms with Crippen molar-refractivity contribution in [1.29, 1.82) is 0 Å². The zero-order valence-corrected chi connectivity index (χ0v) is 16.3. The Bertz CT molecular complexity index is 1000. The Morgan fingerprint density at radius 3 is 2.64 bits per heavy atom. The van der Waals surface area contributed by atoms with E-state index in [1.54, 1.807) is 7.11 Å².